The first-order valence-corrected chi connectivity index (χ1v) is 6.82. The molecule has 0 aromatic heterocycles. The van der Waals surface area contributed by atoms with Gasteiger partial charge in [0.1, 0.15) is 0 Å². The van der Waals surface area contributed by atoms with E-state index in [-0.39, 0.29) is 19.1 Å². The van der Waals surface area contributed by atoms with Crippen molar-refractivity contribution in [1.29, 1.82) is 0 Å². The molecule has 1 fully saturated rings. The summed E-state index contributed by atoms with van der Waals surface area (Å²) in [5, 5.41) is 24.9. The number of ether oxygens (including phenoxy) is 1. The molecule has 1 rings (SSSR count). The summed E-state index contributed by atoms with van der Waals surface area (Å²) in [6, 6.07) is 0. The number of carbonyl (C=O) groups is 1. The average molecular weight is 274 g/mol. The lowest BCUT2D eigenvalue weighted by atomic mass is 9.78. The smallest absolute Gasteiger partial charge is 0.229 e. The molecular weight excluding hydrogens is 248 g/mol. The van der Waals surface area contributed by atoms with Gasteiger partial charge in [-0.05, 0) is 32.4 Å². The monoisotopic (exact) mass is 274 g/mol. The Morgan fingerprint density at radius 1 is 1.37 bits per heavy atom. The molecule has 0 aliphatic carbocycles. The minimum atomic E-state index is -0.942. The molecule has 0 bridgehead atoms. The first-order chi connectivity index (χ1) is 9.08. The molecule has 0 atom stereocenters. The molecule has 0 radical (unpaired) electrons. The summed E-state index contributed by atoms with van der Waals surface area (Å²) >= 11 is 0. The number of aliphatic hydroxyl groups is 2. The summed E-state index contributed by atoms with van der Waals surface area (Å²) < 4.78 is 5.21. The standard InChI is InChI=1S/C13H26N2O4/c1-3-13(8-16,9-17)15-11(18)12(10-19-2)4-6-14-7-5-12/h14,16-17H,3-10H2,1-2H3,(H,15,18). The predicted octanol–water partition coefficient (Wildman–Crippen LogP) is -0.748. The average Bonchev–Trinajstić information content (AvgIpc) is 2.46. The van der Waals surface area contributed by atoms with Crippen molar-refractivity contribution >= 4 is 5.91 Å². The molecular formula is C13H26N2O4. The van der Waals surface area contributed by atoms with Crippen LogP contribution >= 0.6 is 0 Å². The van der Waals surface area contributed by atoms with Crippen LogP contribution in [0.25, 0.3) is 0 Å². The van der Waals surface area contributed by atoms with Crippen LogP contribution in [0.3, 0.4) is 0 Å². The van der Waals surface area contributed by atoms with Crippen LogP contribution in [0.2, 0.25) is 0 Å². The molecule has 6 nitrogen and oxygen atoms in total. The maximum absolute atomic E-state index is 12.6. The molecule has 1 aliphatic heterocycles. The number of rotatable bonds is 7. The molecule has 112 valence electrons. The molecule has 1 aliphatic rings. The van der Waals surface area contributed by atoms with E-state index in [0.29, 0.717) is 25.9 Å². The quantitative estimate of drug-likeness (QED) is 0.490. The lowest BCUT2D eigenvalue weighted by Crippen LogP contribution is -2.60. The van der Waals surface area contributed by atoms with Crippen LogP contribution in [-0.4, -0.2) is 61.7 Å². The molecule has 1 amide bonds. The van der Waals surface area contributed by atoms with Gasteiger partial charge in [-0.3, -0.25) is 4.79 Å². The van der Waals surface area contributed by atoms with Gasteiger partial charge in [-0.1, -0.05) is 6.92 Å². The summed E-state index contributed by atoms with van der Waals surface area (Å²) in [6.45, 7) is 3.19. The van der Waals surface area contributed by atoms with Gasteiger partial charge >= 0.3 is 0 Å². The Bertz CT molecular complexity index is 273. The van der Waals surface area contributed by atoms with E-state index in [4.69, 9.17) is 4.74 Å². The molecule has 6 heteroatoms. The summed E-state index contributed by atoms with van der Waals surface area (Å²) in [6.07, 6.45) is 1.87. The second-order valence-corrected chi connectivity index (χ2v) is 5.37. The highest BCUT2D eigenvalue weighted by Gasteiger charge is 2.42. The van der Waals surface area contributed by atoms with E-state index >= 15 is 0 Å². The Hall–Kier alpha value is -0.690. The van der Waals surface area contributed by atoms with Crippen molar-refractivity contribution in [3.05, 3.63) is 0 Å². The van der Waals surface area contributed by atoms with E-state index in [1.165, 1.54) is 0 Å². The van der Waals surface area contributed by atoms with Crippen molar-refractivity contribution in [1.82, 2.24) is 10.6 Å². The van der Waals surface area contributed by atoms with Crippen molar-refractivity contribution in [2.75, 3.05) is 40.0 Å². The molecule has 0 aromatic rings. The minimum Gasteiger partial charge on any atom is -0.394 e. The Morgan fingerprint density at radius 2 is 1.95 bits per heavy atom. The molecule has 1 saturated heterocycles. The van der Waals surface area contributed by atoms with Crippen LogP contribution in [0.1, 0.15) is 26.2 Å². The number of piperidine rings is 1. The van der Waals surface area contributed by atoms with Crippen LogP contribution in [0.5, 0.6) is 0 Å². The molecule has 0 spiro atoms. The summed E-state index contributed by atoms with van der Waals surface area (Å²) in [5.41, 5.74) is -1.51. The highest BCUT2D eigenvalue weighted by molar-refractivity contribution is 5.83. The number of hydrogen-bond acceptors (Lipinski definition) is 5. The number of carbonyl (C=O) groups excluding carboxylic acids is 1. The van der Waals surface area contributed by atoms with Crippen molar-refractivity contribution in [2.45, 2.75) is 31.7 Å². The number of aliphatic hydroxyl groups excluding tert-OH is 2. The Labute approximate surface area is 114 Å². The zero-order valence-corrected chi connectivity index (χ0v) is 11.9. The molecule has 0 saturated carbocycles. The van der Waals surface area contributed by atoms with Crippen molar-refractivity contribution in [3.8, 4) is 0 Å². The van der Waals surface area contributed by atoms with Gasteiger partial charge < -0.3 is 25.6 Å². The zero-order valence-electron chi connectivity index (χ0n) is 11.9. The zero-order chi connectivity index (χ0) is 14.4. The SMILES string of the molecule is CCC(CO)(CO)NC(=O)C1(COC)CCNCC1. The van der Waals surface area contributed by atoms with Crippen LogP contribution in [-0.2, 0) is 9.53 Å². The third-order valence-corrected chi connectivity index (χ3v) is 4.12. The van der Waals surface area contributed by atoms with Crippen molar-refractivity contribution < 1.29 is 19.7 Å². The molecule has 0 aromatic carbocycles. The van der Waals surface area contributed by atoms with Crippen LogP contribution in [0.15, 0.2) is 0 Å². The van der Waals surface area contributed by atoms with Crippen LogP contribution < -0.4 is 10.6 Å². The third-order valence-electron chi connectivity index (χ3n) is 4.12. The van der Waals surface area contributed by atoms with Gasteiger partial charge in [0, 0.05) is 7.11 Å². The van der Waals surface area contributed by atoms with Crippen LogP contribution in [0.4, 0.5) is 0 Å². The van der Waals surface area contributed by atoms with Crippen molar-refractivity contribution in [3.63, 3.8) is 0 Å². The lowest BCUT2D eigenvalue weighted by molar-refractivity contribution is -0.139. The van der Waals surface area contributed by atoms with Crippen molar-refractivity contribution in [2.24, 2.45) is 5.41 Å². The highest BCUT2D eigenvalue weighted by Crippen LogP contribution is 2.30. The normalized spacial score (nSPS) is 19.2. The van der Waals surface area contributed by atoms with E-state index in [2.05, 4.69) is 10.6 Å². The summed E-state index contributed by atoms with van der Waals surface area (Å²) in [5.74, 6) is -0.138. The van der Waals surface area contributed by atoms with Gasteiger partial charge in [0.05, 0.1) is 30.8 Å². The third kappa shape index (κ3) is 3.66. The fourth-order valence-electron chi connectivity index (χ4n) is 2.43. The van der Waals surface area contributed by atoms with Gasteiger partial charge in [-0.15, -0.1) is 0 Å². The van der Waals surface area contributed by atoms with Gasteiger partial charge in [0.15, 0.2) is 0 Å². The van der Waals surface area contributed by atoms with E-state index < -0.39 is 11.0 Å². The van der Waals surface area contributed by atoms with Gasteiger partial charge in [-0.2, -0.15) is 0 Å². The lowest BCUT2D eigenvalue weighted by Gasteiger charge is -2.39. The highest BCUT2D eigenvalue weighted by atomic mass is 16.5. The molecule has 4 N–H and O–H groups in total. The molecule has 1 heterocycles. The van der Waals surface area contributed by atoms with Gasteiger partial charge in [0.2, 0.25) is 5.91 Å². The van der Waals surface area contributed by atoms with E-state index in [1.54, 1.807) is 7.11 Å². The summed E-state index contributed by atoms with van der Waals surface area (Å²) in [7, 11) is 1.59. The van der Waals surface area contributed by atoms with Gasteiger partial charge in [-0.25, -0.2) is 0 Å². The molecule has 0 unspecified atom stereocenters. The first kappa shape index (κ1) is 16.4. The van der Waals surface area contributed by atoms with E-state index in [0.717, 1.165) is 13.1 Å². The number of amides is 1. The maximum atomic E-state index is 12.6. The number of methoxy groups -OCH3 is 1. The van der Waals surface area contributed by atoms with E-state index in [1.807, 2.05) is 6.92 Å². The predicted molar refractivity (Wildman–Crippen MR) is 71.7 cm³/mol. The van der Waals surface area contributed by atoms with Crippen LogP contribution in [0, 0.1) is 5.41 Å². The topological polar surface area (TPSA) is 90.8 Å². The van der Waals surface area contributed by atoms with E-state index in [9.17, 15) is 15.0 Å². The number of nitrogens with one attached hydrogen (secondary N) is 2. The second-order valence-electron chi connectivity index (χ2n) is 5.37. The largest absolute Gasteiger partial charge is 0.394 e. The molecule has 19 heavy (non-hydrogen) atoms. The Balaban J connectivity index is 2.82. The minimum absolute atomic E-state index is 0.138. The maximum Gasteiger partial charge on any atom is 0.229 e. The fraction of sp³-hybridized carbons (Fsp3) is 0.923. The number of hydrogen-bond donors (Lipinski definition) is 4. The van der Waals surface area contributed by atoms with Gasteiger partial charge in [0.25, 0.3) is 0 Å². The fourth-order valence-corrected chi connectivity index (χ4v) is 2.43. The first-order valence-electron chi connectivity index (χ1n) is 6.82. The summed E-state index contributed by atoms with van der Waals surface area (Å²) in [4.78, 5) is 12.6. The second kappa shape index (κ2) is 7.19. The Kier molecular flexibility index (Phi) is 6.19. The Morgan fingerprint density at radius 3 is 2.37 bits per heavy atom.